The molecular weight excluding hydrogens is 240 g/mol. The van der Waals surface area contributed by atoms with Crippen LogP contribution < -0.4 is 10.5 Å². The monoisotopic (exact) mass is 260 g/mol. The van der Waals surface area contributed by atoms with Crippen molar-refractivity contribution in [1.82, 2.24) is 14.3 Å². The Bertz CT molecular complexity index is 463. The van der Waals surface area contributed by atoms with Crippen molar-refractivity contribution in [1.29, 1.82) is 0 Å². The van der Waals surface area contributed by atoms with Gasteiger partial charge in [0.05, 0.1) is 0 Å². The first-order valence-electron chi connectivity index (χ1n) is 5.70. The van der Waals surface area contributed by atoms with Crippen molar-refractivity contribution < 1.29 is 8.42 Å². The summed E-state index contributed by atoms with van der Waals surface area (Å²) in [6, 6.07) is -0.243. The summed E-state index contributed by atoms with van der Waals surface area (Å²) in [6.45, 7) is 6.58. The van der Waals surface area contributed by atoms with E-state index in [1.807, 2.05) is 13.8 Å². The number of sulfonamides is 1. The minimum Gasteiger partial charge on any atom is -0.334 e. The molecule has 6 nitrogen and oxygen atoms in total. The summed E-state index contributed by atoms with van der Waals surface area (Å²) in [4.78, 5) is 4.05. The lowest BCUT2D eigenvalue weighted by molar-refractivity contribution is 0.540. The van der Waals surface area contributed by atoms with Crippen LogP contribution in [-0.2, 0) is 16.6 Å². The molecule has 98 valence electrons. The molecule has 1 unspecified atom stereocenters. The Labute approximate surface area is 102 Å². The number of hydrogen-bond donors (Lipinski definition) is 2. The molecule has 1 heterocycles. The second kappa shape index (κ2) is 5.61. The number of aromatic nitrogens is 2. The fourth-order valence-corrected chi connectivity index (χ4v) is 2.85. The molecule has 0 aliphatic carbocycles. The van der Waals surface area contributed by atoms with Crippen LogP contribution in [0, 0.1) is 6.92 Å². The molecule has 0 aromatic carbocycles. The van der Waals surface area contributed by atoms with Crippen LogP contribution in [0.4, 0.5) is 0 Å². The minimum absolute atomic E-state index is 0.0590. The molecule has 1 aromatic heterocycles. The molecule has 1 rings (SSSR count). The van der Waals surface area contributed by atoms with Crippen molar-refractivity contribution in [2.75, 3.05) is 6.54 Å². The summed E-state index contributed by atoms with van der Waals surface area (Å²) in [6.07, 6.45) is 2.20. The number of rotatable bonds is 6. The summed E-state index contributed by atoms with van der Waals surface area (Å²) < 4.78 is 28.3. The average molecular weight is 260 g/mol. The van der Waals surface area contributed by atoms with E-state index in [1.54, 1.807) is 17.7 Å². The lowest BCUT2D eigenvalue weighted by atomic mass is 10.2. The third-order valence-electron chi connectivity index (χ3n) is 2.67. The Kier molecular flexibility index (Phi) is 4.67. The predicted octanol–water partition coefficient (Wildman–Crippen LogP) is 0.227. The summed E-state index contributed by atoms with van der Waals surface area (Å²) in [5, 5.41) is 0.0590. The molecule has 0 amide bonds. The lowest BCUT2D eigenvalue weighted by Gasteiger charge is -2.13. The molecule has 0 radical (unpaired) electrons. The van der Waals surface area contributed by atoms with E-state index in [0.717, 1.165) is 0 Å². The van der Waals surface area contributed by atoms with Crippen molar-refractivity contribution >= 4 is 10.0 Å². The number of nitrogens with two attached hydrogens (primary N) is 1. The topological polar surface area (TPSA) is 90.0 Å². The highest BCUT2D eigenvalue weighted by Gasteiger charge is 2.21. The Morgan fingerprint density at radius 2 is 2.18 bits per heavy atom. The molecule has 0 aliphatic heterocycles. The smallest absolute Gasteiger partial charge is 0.259 e. The molecule has 7 heteroatoms. The maximum absolute atomic E-state index is 12.0. The number of imidazole rings is 1. The van der Waals surface area contributed by atoms with Crippen molar-refractivity contribution in [3.05, 3.63) is 12.0 Å². The first kappa shape index (κ1) is 14.1. The fourth-order valence-electron chi connectivity index (χ4n) is 1.51. The van der Waals surface area contributed by atoms with Gasteiger partial charge in [0.2, 0.25) is 0 Å². The first-order chi connectivity index (χ1) is 7.94. The summed E-state index contributed by atoms with van der Waals surface area (Å²) in [5.74, 6) is 0.689. The van der Waals surface area contributed by atoms with E-state index in [0.29, 0.717) is 18.8 Å². The van der Waals surface area contributed by atoms with E-state index >= 15 is 0 Å². The molecule has 0 saturated carbocycles. The zero-order chi connectivity index (χ0) is 13.1. The van der Waals surface area contributed by atoms with Gasteiger partial charge in [0.15, 0.2) is 5.03 Å². The van der Waals surface area contributed by atoms with E-state index in [1.165, 1.54) is 0 Å². The number of nitrogens with one attached hydrogen (secondary N) is 1. The molecule has 0 bridgehead atoms. The second-order valence-electron chi connectivity index (χ2n) is 3.87. The first-order valence-corrected chi connectivity index (χ1v) is 7.19. The normalized spacial score (nSPS) is 13.9. The van der Waals surface area contributed by atoms with Crippen LogP contribution in [0.5, 0.6) is 0 Å². The van der Waals surface area contributed by atoms with Gasteiger partial charge in [-0.15, -0.1) is 0 Å². The van der Waals surface area contributed by atoms with E-state index in [-0.39, 0.29) is 17.6 Å². The summed E-state index contributed by atoms with van der Waals surface area (Å²) >= 11 is 0. The van der Waals surface area contributed by atoms with Gasteiger partial charge in [0, 0.05) is 25.3 Å². The fraction of sp³-hybridized carbons (Fsp3) is 0.700. The quantitative estimate of drug-likeness (QED) is 0.766. The molecule has 0 saturated heterocycles. The summed E-state index contributed by atoms with van der Waals surface area (Å²) in [7, 11) is -3.56. The lowest BCUT2D eigenvalue weighted by Crippen LogP contribution is -2.39. The van der Waals surface area contributed by atoms with E-state index in [4.69, 9.17) is 5.73 Å². The van der Waals surface area contributed by atoms with Crippen LogP contribution >= 0.6 is 0 Å². The Morgan fingerprint density at radius 3 is 2.59 bits per heavy atom. The number of hydrogen-bond acceptors (Lipinski definition) is 4. The van der Waals surface area contributed by atoms with Gasteiger partial charge in [-0.05, 0) is 20.3 Å². The van der Waals surface area contributed by atoms with Crippen molar-refractivity contribution in [3.63, 3.8) is 0 Å². The van der Waals surface area contributed by atoms with Gasteiger partial charge in [0.25, 0.3) is 10.0 Å². The van der Waals surface area contributed by atoms with E-state index < -0.39 is 10.0 Å². The molecular formula is C10H20N4O2S. The highest BCUT2D eigenvalue weighted by molar-refractivity contribution is 7.89. The molecule has 0 fully saturated rings. The van der Waals surface area contributed by atoms with Crippen LogP contribution in [0.15, 0.2) is 11.2 Å². The standard InChI is InChI=1S/C10H20N4O2S/c1-4-9(6-11)13-17(15,16)10-7-14(5-2)8(3)12-10/h7,9,13H,4-6,11H2,1-3H3. The third-order valence-corrected chi connectivity index (χ3v) is 4.06. The molecule has 0 aliphatic rings. The van der Waals surface area contributed by atoms with Crippen LogP contribution in [0.3, 0.4) is 0 Å². The zero-order valence-corrected chi connectivity index (χ0v) is 11.3. The second-order valence-corrected chi connectivity index (χ2v) is 5.54. The predicted molar refractivity (Wildman–Crippen MR) is 66.1 cm³/mol. The zero-order valence-electron chi connectivity index (χ0n) is 10.5. The van der Waals surface area contributed by atoms with Crippen LogP contribution in [-0.4, -0.2) is 30.6 Å². The van der Waals surface area contributed by atoms with Gasteiger partial charge in [-0.3, -0.25) is 0 Å². The SMILES string of the molecule is CCC(CN)NS(=O)(=O)c1cn(CC)c(C)n1. The highest BCUT2D eigenvalue weighted by Crippen LogP contribution is 2.09. The molecule has 1 aromatic rings. The van der Waals surface area contributed by atoms with Gasteiger partial charge in [-0.1, -0.05) is 6.92 Å². The summed E-state index contributed by atoms with van der Waals surface area (Å²) in [5.41, 5.74) is 5.48. The molecule has 3 N–H and O–H groups in total. The van der Waals surface area contributed by atoms with Crippen molar-refractivity contribution in [2.24, 2.45) is 5.73 Å². The Hall–Kier alpha value is -0.920. The third kappa shape index (κ3) is 3.27. The molecule has 0 spiro atoms. The number of aryl methyl sites for hydroxylation is 2. The van der Waals surface area contributed by atoms with E-state index in [9.17, 15) is 8.42 Å². The minimum atomic E-state index is -3.56. The Morgan fingerprint density at radius 1 is 1.53 bits per heavy atom. The molecule has 17 heavy (non-hydrogen) atoms. The van der Waals surface area contributed by atoms with E-state index in [2.05, 4.69) is 9.71 Å². The maximum Gasteiger partial charge on any atom is 0.259 e. The van der Waals surface area contributed by atoms with Crippen LogP contribution in [0.1, 0.15) is 26.1 Å². The largest absolute Gasteiger partial charge is 0.334 e. The Balaban J connectivity index is 2.96. The van der Waals surface area contributed by atoms with Crippen molar-refractivity contribution in [3.8, 4) is 0 Å². The van der Waals surface area contributed by atoms with Crippen molar-refractivity contribution in [2.45, 2.75) is 44.8 Å². The maximum atomic E-state index is 12.0. The van der Waals surface area contributed by atoms with Gasteiger partial charge in [-0.2, -0.15) is 0 Å². The van der Waals surface area contributed by atoms with Gasteiger partial charge in [-0.25, -0.2) is 18.1 Å². The van der Waals surface area contributed by atoms with Crippen LogP contribution in [0.2, 0.25) is 0 Å². The highest BCUT2D eigenvalue weighted by atomic mass is 32.2. The van der Waals surface area contributed by atoms with Gasteiger partial charge < -0.3 is 10.3 Å². The molecule has 1 atom stereocenters. The van der Waals surface area contributed by atoms with Gasteiger partial charge >= 0.3 is 0 Å². The van der Waals surface area contributed by atoms with Gasteiger partial charge in [0.1, 0.15) is 5.82 Å². The average Bonchev–Trinajstić information content (AvgIpc) is 2.68. The number of nitrogens with zero attached hydrogens (tertiary/aromatic N) is 2. The van der Waals surface area contributed by atoms with Crippen LogP contribution in [0.25, 0.3) is 0 Å².